The summed E-state index contributed by atoms with van der Waals surface area (Å²) in [7, 11) is 3.13. The monoisotopic (exact) mass is 488 g/mol. The molecule has 0 aliphatic rings. The second-order valence-corrected chi connectivity index (χ2v) is 8.38. The fourth-order valence-corrected chi connectivity index (χ4v) is 4.16. The maximum absolute atomic E-state index is 12.6. The minimum absolute atomic E-state index is 0.00779. The SMILES string of the molecule is CCN(Cc1ccc(OC)c(OC)c1)C(=O)COC(=O)Cc1csc(-c2cccc(Cl)c2)n1. The summed E-state index contributed by atoms with van der Waals surface area (Å²) >= 11 is 7.45. The third-order valence-electron chi connectivity index (χ3n) is 4.86. The number of methoxy groups -OCH3 is 2. The molecule has 174 valence electrons. The van der Waals surface area contributed by atoms with E-state index in [4.69, 9.17) is 25.8 Å². The number of rotatable bonds is 10. The molecule has 0 aliphatic heterocycles. The van der Waals surface area contributed by atoms with Gasteiger partial charge < -0.3 is 19.1 Å². The number of carbonyl (C=O) groups is 2. The average molecular weight is 489 g/mol. The molecule has 0 radical (unpaired) electrons. The summed E-state index contributed by atoms with van der Waals surface area (Å²) in [6.45, 7) is 2.38. The number of nitrogens with zero attached hydrogens (tertiary/aromatic N) is 2. The van der Waals surface area contributed by atoms with Gasteiger partial charge in [0.1, 0.15) is 5.01 Å². The van der Waals surface area contributed by atoms with Crippen LogP contribution in [-0.4, -0.2) is 49.1 Å². The van der Waals surface area contributed by atoms with Gasteiger partial charge in [-0.2, -0.15) is 0 Å². The molecular formula is C24H25ClN2O5S. The van der Waals surface area contributed by atoms with Crippen LogP contribution in [0.25, 0.3) is 10.6 Å². The van der Waals surface area contributed by atoms with Crippen molar-refractivity contribution in [3.05, 3.63) is 64.1 Å². The van der Waals surface area contributed by atoms with Gasteiger partial charge in [-0.3, -0.25) is 9.59 Å². The van der Waals surface area contributed by atoms with Crippen LogP contribution in [0.3, 0.4) is 0 Å². The van der Waals surface area contributed by atoms with Gasteiger partial charge in [-0.05, 0) is 36.8 Å². The first-order valence-electron chi connectivity index (χ1n) is 10.3. The van der Waals surface area contributed by atoms with Crippen molar-refractivity contribution in [1.82, 2.24) is 9.88 Å². The third kappa shape index (κ3) is 6.69. The van der Waals surface area contributed by atoms with Crippen molar-refractivity contribution in [2.24, 2.45) is 0 Å². The average Bonchev–Trinajstić information content (AvgIpc) is 3.29. The molecule has 0 N–H and O–H groups in total. The first-order chi connectivity index (χ1) is 15.9. The molecule has 33 heavy (non-hydrogen) atoms. The van der Waals surface area contributed by atoms with Crippen LogP contribution in [0.1, 0.15) is 18.2 Å². The zero-order valence-corrected chi connectivity index (χ0v) is 20.2. The molecule has 0 bridgehead atoms. The summed E-state index contributed by atoms with van der Waals surface area (Å²) in [5, 5.41) is 3.19. The van der Waals surface area contributed by atoms with Crippen molar-refractivity contribution in [3.63, 3.8) is 0 Å². The molecule has 1 aromatic heterocycles. The van der Waals surface area contributed by atoms with Gasteiger partial charge in [0.2, 0.25) is 0 Å². The van der Waals surface area contributed by atoms with Crippen LogP contribution in [0.2, 0.25) is 5.02 Å². The second-order valence-electron chi connectivity index (χ2n) is 7.09. The molecule has 0 aliphatic carbocycles. The molecule has 3 rings (SSSR count). The highest BCUT2D eigenvalue weighted by Gasteiger charge is 2.17. The number of carbonyl (C=O) groups excluding carboxylic acids is 2. The van der Waals surface area contributed by atoms with Crippen molar-refractivity contribution >= 4 is 34.8 Å². The Labute approximate surface area is 201 Å². The van der Waals surface area contributed by atoms with E-state index < -0.39 is 5.97 Å². The maximum atomic E-state index is 12.6. The Morgan fingerprint density at radius 2 is 1.88 bits per heavy atom. The van der Waals surface area contributed by atoms with Crippen molar-refractivity contribution < 1.29 is 23.8 Å². The van der Waals surface area contributed by atoms with Gasteiger partial charge in [0.15, 0.2) is 18.1 Å². The molecule has 0 saturated heterocycles. The third-order valence-corrected chi connectivity index (χ3v) is 6.04. The zero-order valence-electron chi connectivity index (χ0n) is 18.7. The Hall–Kier alpha value is -3.10. The lowest BCUT2D eigenvalue weighted by molar-refractivity contribution is -0.151. The van der Waals surface area contributed by atoms with Crippen molar-refractivity contribution in [3.8, 4) is 22.1 Å². The van der Waals surface area contributed by atoms with Gasteiger partial charge in [-0.1, -0.05) is 29.8 Å². The normalized spacial score (nSPS) is 10.5. The minimum Gasteiger partial charge on any atom is -0.493 e. The standard InChI is InChI=1S/C24H25ClN2O5S/c1-4-27(13-16-8-9-20(30-2)21(10-16)31-3)22(28)14-32-23(29)12-19-15-33-24(26-19)17-6-5-7-18(25)11-17/h5-11,15H,4,12-14H2,1-3H3. The number of hydrogen-bond acceptors (Lipinski definition) is 7. The lowest BCUT2D eigenvalue weighted by atomic mass is 10.2. The predicted molar refractivity (Wildman–Crippen MR) is 128 cm³/mol. The predicted octanol–water partition coefficient (Wildman–Crippen LogP) is 4.62. The summed E-state index contributed by atoms with van der Waals surface area (Å²) in [5.74, 6) is 0.419. The lowest BCUT2D eigenvalue weighted by Crippen LogP contribution is -2.34. The number of halogens is 1. The van der Waals surface area contributed by atoms with Gasteiger partial charge in [-0.15, -0.1) is 11.3 Å². The quantitative estimate of drug-likeness (QED) is 0.388. The summed E-state index contributed by atoms with van der Waals surface area (Å²) in [6, 6.07) is 12.8. The van der Waals surface area contributed by atoms with Crippen LogP contribution in [0.4, 0.5) is 0 Å². The highest BCUT2D eigenvalue weighted by molar-refractivity contribution is 7.13. The molecule has 1 amide bonds. The Bertz CT molecular complexity index is 1120. The maximum Gasteiger partial charge on any atom is 0.312 e. The van der Waals surface area contributed by atoms with Crippen molar-refractivity contribution in [1.29, 1.82) is 0 Å². The van der Waals surface area contributed by atoms with Gasteiger partial charge in [0, 0.05) is 29.1 Å². The molecule has 0 unspecified atom stereocenters. The van der Waals surface area contributed by atoms with Crippen LogP contribution in [0.5, 0.6) is 11.5 Å². The molecule has 3 aromatic rings. The topological polar surface area (TPSA) is 78.0 Å². The number of thiazole rings is 1. The van der Waals surface area contributed by atoms with Gasteiger partial charge in [0.05, 0.1) is 26.3 Å². The molecule has 1 heterocycles. The fraction of sp³-hybridized carbons (Fsp3) is 0.292. The van der Waals surface area contributed by atoms with Gasteiger partial charge >= 0.3 is 5.97 Å². The van der Waals surface area contributed by atoms with Crippen LogP contribution < -0.4 is 9.47 Å². The molecular weight excluding hydrogens is 464 g/mol. The number of hydrogen-bond donors (Lipinski definition) is 0. The van der Waals surface area contributed by atoms with Crippen molar-refractivity contribution in [2.75, 3.05) is 27.4 Å². The van der Waals surface area contributed by atoms with E-state index in [1.807, 2.05) is 37.3 Å². The highest BCUT2D eigenvalue weighted by Crippen LogP contribution is 2.28. The molecule has 0 fully saturated rings. The number of esters is 1. The van der Waals surface area contributed by atoms with E-state index in [2.05, 4.69) is 4.98 Å². The molecule has 9 heteroatoms. The Balaban J connectivity index is 1.53. The summed E-state index contributed by atoms with van der Waals surface area (Å²) < 4.78 is 15.8. The molecule has 7 nitrogen and oxygen atoms in total. The van der Waals surface area contributed by atoms with E-state index in [0.717, 1.165) is 16.1 Å². The summed E-state index contributed by atoms with van der Waals surface area (Å²) in [5.41, 5.74) is 2.35. The first-order valence-corrected chi connectivity index (χ1v) is 11.5. The van der Waals surface area contributed by atoms with Crippen LogP contribution in [0.15, 0.2) is 47.8 Å². The van der Waals surface area contributed by atoms with Crippen LogP contribution in [0, 0.1) is 0 Å². The Kier molecular flexibility index (Phi) is 8.68. The van der Waals surface area contributed by atoms with Gasteiger partial charge in [-0.25, -0.2) is 4.98 Å². The van der Waals surface area contributed by atoms with E-state index in [-0.39, 0.29) is 18.9 Å². The second kappa shape index (κ2) is 11.7. The van der Waals surface area contributed by atoms with Crippen LogP contribution >= 0.6 is 22.9 Å². The van der Waals surface area contributed by atoms with Crippen LogP contribution in [-0.2, 0) is 27.3 Å². The first kappa shape index (κ1) is 24.5. The fourth-order valence-electron chi connectivity index (χ4n) is 3.15. The van der Waals surface area contributed by atoms with E-state index in [1.165, 1.54) is 11.3 Å². The number of likely N-dealkylation sites (N-methyl/N-ethyl adjacent to an activating group) is 1. The summed E-state index contributed by atoms with van der Waals surface area (Å²) in [4.78, 5) is 30.9. The van der Waals surface area contributed by atoms with E-state index in [9.17, 15) is 9.59 Å². The smallest absolute Gasteiger partial charge is 0.312 e. The Morgan fingerprint density at radius 1 is 1.09 bits per heavy atom. The largest absolute Gasteiger partial charge is 0.493 e. The van der Waals surface area contributed by atoms with E-state index >= 15 is 0 Å². The number of aromatic nitrogens is 1. The van der Waals surface area contributed by atoms with Crippen molar-refractivity contribution in [2.45, 2.75) is 19.9 Å². The number of benzene rings is 2. The summed E-state index contributed by atoms with van der Waals surface area (Å²) in [6.07, 6.45) is -0.00779. The Morgan fingerprint density at radius 3 is 2.58 bits per heavy atom. The lowest BCUT2D eigenvalue weighted by Gasteiger charge is -2.21. The number of ether oxygens (including phenoxy) is 3. The van der Waals surface area contributed by atoms with Gasteiger partial charge in [0.25, 0.3) is 5.91 Å². The van der Waals surface area contributed by atoms with E-state index in [0.29, 0.717) is 35.3 Å². The highest BCUT2D eigenvalue weighted by atomic mass is 35.5. The molecule has 0 saturated carbocycles. The zero-order chi connectivity index (χ0) is 23.8. The van der Waals surface area contributed by atoms with E-state index in [1.54, 1.807) is 36.6 Å². The molecule has 0 spiro atoms. The minimum atomic E-state index is -0.506. The molecule has 2 aromatic carbocycles. The number of amides is 1. The molecule has 0 atom stereocenters.